The Balaban J connectivity index is 1.76. The van der Waals surface area contributed by atoms with Crippen LogP contribution >= 0.6 is 0 Å². The molecule has 1 aromatic carbocycles. The molecule has 3 nitrogen and oxygen atoms in total. The van der Waals surface area contributed by atoms with Gasteiger partial charge in [0.2, 0.25) is 0 Å². The van der Waals surface area contributed by atoms with Crippen molar-refractivity contribution in [3.05, 3.63) is 24.0 Å². The molecule has 2 atom stereocenters. The van der Waals surface area contributed by atoms with Crippen LogP contribution in [0.1, 0.15) is 39.0 Å². The van der Waals surface area contributed by atoms with Crippen LogP contribution in [0, 0.1) is 11.2 Å². The van der Waals surface area contributed by atoms with E-state index in [-0.39, 0.29) is 11.2 Å². The largest absolute Gasteiger partial charge is 0.494 e. The Labute approximate surface area is 125 Å². The third-order valence-corrected chi connectivity index (χ3v) is 5.18. The Morgan fingerprint density at radius 2 is 2.10 bits per heavy atom. The summed E-state index contributed by atoms with van der Waals surface area (Å²) in [5, 5.41) is 3.57. The zero-order valence-corrected chi connectivity index (χ0v) is 12.8. The van der Waals surface area contributed by atoms with Gasteiger partial charge < -0.3 is 14.8 Å². The van der Waals surface area contributed by atoms with E-state index >= 15 is 0 Å². The second-order valence-corrected chi connectivity index (χ2v) is 6.16. The molecule has 0 amide bonds. The van der Waals surface area contributed by atoms with Gasteiger partial charge in [0.15, 0.2) is 0 Å². The molecular weight excluding hydrogens is 269 g/mol. The molecule has 2 aliphatic carbocycles. The molecule has 0 aliphatic heterocycles. The van der Waals surface area contributed by atoms with Crippen molar-refractivity contribution in [2.45, 2.75) is 51.2 Å². The van der Waals surface area contributed by atoms with Crippen molar-refractivity contribution >= 4 is 5.69 Å². The van der Waals surface area contributed by atoms with Crippen LogP contribution < -0.4 is 10.1 Å². The summed E-state index contributed by atoms with van der Waals surface area (Å²) in [7, 11) is 1.58. The van der Waals surface area contributed by atoms with E-state index in [4.69, 9.17) is 9.47 Å². The molecule has 116 valence electrons. The smallest absolute Gasteiger partial charge is 0.144 e. The Morgan fingerprint density at radius 1 is 1.33 bits per heavy atom. The molecule has 0 bridgehead atoms. The predicted molar refractivity (Wildman–Crippen MR) is 81.3 cm³/mol. The van der Waals surface area contributed by atoms with Gasteiger partial charge in [-0.05, 0) is 38.3 Å². The van der Waals surface area contributed by atoms with Gasteiger partial charge in [-0.15, -0.1) is 0 Å². The van der Waals surface area contributed by atoms with Crippen molar-refractivity contribution in [3.63, 3.8) is 0 Å². The summed E-state index contributed by atoms with van der Waals surface area (Å²) in [6.07, 6.45) is 6.39. The van der Waals surface area contributed by atoms with E-state index in [1.807, 2.05) is 0 Å². The Kier molecular flexibility index (Phi) is 4.07. The first-order valence-corrected chi connectivity index (χ1v) is 7.91. The van der Waals surface area contributed by atoms with Crippen molar-refractivity contribution < 1.29 is 13.9 Å². The van der Waals surface area contributed by atoms with E-state index in [1.165, 1.54) is 37.8 Å². The molecule has 1 spiro atoms. The van der Waals surface area contributed by atoms with Crippen LogP contribution in [0.15, 0.2) is 18.2 Å². The monoisotopic (exact) mass is 293 g/mol. The third kappa shape index (κ3) is 2.50. The van der Waals surface area contributed by atoms with Crippen LogP contribution in [0.5, 0.6) is 5.75 Å². The number of halogens is 1. The molecule has 2 unspecified atom stereocenters. The van der Waals surface area contributed by atoms with Crippen molar-refractivity contribution in [1.29, 1.82) is 0 Å². The highest BCUT2D eigenvalue weighted by Gasteiger charge is 2.56. The molecule has 1 N–H and O–H groups in total. The van der Waals surface area contributed by atoms with Gasteiger partial charge in [0.05, 0.1) is 18.9 Å². The summed E-state index contributed by atoms with van der Waals surface area (Å²) in [5.41, 5.74) is 1.14. The quantitative estimate of drug-likeness (QED) is 0.890. The molecule has 21 heavy (non-hydrogen) atoms. The lowest BCUT2D eigenvalue weighted by Gasteiger charge is -2.54. The molecular formula is C17H24FNO2. The minimum absolute atomic E-state index is 0.259. The van der Waals surface area contributed by atoms with Crippen LogP contribution in [0.3, 0.4) is 0 Å². The average Bonchev–Trinajstić information content (AvgIpc) is 3.00. The number of nitrogens with one attached hydrogen (secondary N) is 1. The minimum Gasteiger partial charge on any atom is -0.494 e. The van der Waals surface area contributed by atoms with E-state index in [0.29, 0.717) is 17.9 Å². The van der Waals surface area contributed by atoms with E-state index in [2.05, 4.69) is 12.2 Å². The highest BCUT2D eigenvalue weighted by Crippen LogP contribution is 2.56. The predicted octanol–water partition coefficient (Wildman–Crippen LogP) is 3.98. The molecule has 1 aromatic rings. The lowest BCUT2D eigenvalue weighted by molar-refractivity contribution is -0.114. The molecule has 0 radical (unpaired) electrons. The lowest BCUT2D eigenvalue weighted by atomic mass is 9.60. The molecule has 0 heterocycles. The van der Waals surface area contributed by atoms with Gasteiger partial charge in [0, 0.05) is 24.1 Å². The fourth-order valence-electron chi connectivity index (χ4n) is 4.06. The zero-order valence-electron chi connectivity index (χ0n) is 12.8. The number of benzene rings is 1. The van der Waals surface area contributed by atoms with Gasteiger partial charge in [-0.2, -0.15) is 0 Å². The molecule has 3 rings (SSSR count). The molecule has 2 saturated carbocycles. The summed E-state index contributed by atoms with van der Waals surface area (Å²) in [5.74, 6) is 0.303. The number of hydrogen-bond donors (Lipinski definition) is 1. The fraction of sp³-hybridized carbons (Fsp3) is 0.647. The van der Waals surface area contributed by atoms with Gasteiger partial charge in [0.1, 0.15) is 11.6 Å². The average molecular weight is 293 g/mol. The Bertz CT molecular complexity index is 500. The number of hydrogen-bond acceptors (Lipinski definition) is 3. The maximum atomic E-state index is 13.3. The minimum atomic E-state index is -0.270. The van der Waals surface area contributed by atoms with Gasteiger partial charge in [0.25, 0.3) is 0 Å². The summed E-state index contributed by atoms with van der Waals surface area (Å²) in [6.45, 7) is 2.84. The van der Waals surface area contributed by atoms with Crippen LogP contribution in [-0.4, -0.2) is 25.9 Å². The molecule has 0 saturated heterocycles. The lowest BCUT2D eigenvalue weighted by Crippen LogP contribution is -2.60. The van der Waals surface area contributed by atoms with E-state index in [9.17, 15) is 4.39 Å². The zero-order chi connectivity index (χ0) is 14.9. The summed E-state index contributed by atoms with van der Waals surface area (Å²) >= 11 is 0. The second-order valence-electron chi connectivity index (χ2n) is 6.16. The van der Waals surface area contributed by atoms with Gasteiger partial charge in [-0.1, -0.05) is 12.8 Å². The van der Waals surface area contributed by atoms with Crippen LogP contribution in [0.25, 0.3) is 0 Å². The molecule has 0 aromatic heterocycles. The Hall–Kier alpha value is -1.29. The van der Waals surface area contributed by atoms with Crippen molar-refractivity contribution in [2.75, 3.05) is 19.0 Å². The second kappa shape index (κ2) is 5.84. The first-order valence-electron chi connectivity index (χ1n) is 7.91. The first-order chi connectivity index (χ1) is 10.2. The van der Waals surface area contributed by atoms with E-state index in [1.54, 1.807) is 13.2 Å². The highest BCUT2D eigenvalue weighted by molar-refractivity contribution is 5.57. The Morgan fingerprint density at radius 3 is 2.76 bits per heavy atom. The van der Waals surface area contributed by atoms with Crippen LogP contribution in [-0.2, 0) is 4.74 Å². The molecule has 2 aliphatic rings. The van der Waals surface area contributed by atoms with Crippen molar-refractivity contribution in [2.24, 2.45) is 5.41 Å². The van der Waals surface area contributed by atoms with Gasteiger partial charge in [-0.25, -0.2) is 4.39 Å². The third-order valence-electron chi connectivity index (χ3n) is 5.18. The SMILES string of the molecule is CCOC1CC(Nc2ccc(F)cc2OC)C12CCCC2. The topological polar surface area (TPSA) is 30.5 Å². The van der Waals surface area contributed by atoms with E-state index < -0.39 is 0 Å². The van der Waals surface area contributed by atoms with Crippen LogP contribution in [0.4, 0.5) is 10.1 Å². The van der Waals surface area contributed by atoms with Crippen molar-refractivity contribution in [1.82, 2.24) is 0 Å². The number of anilines is 1. The molecule has 2 fully saturated rings. The first kappa shape index (κ1) is 14.6. The number of ether oxygens (including phenoxy) is 2. The standard InChI is InChI=1S/C17H24FNO2/c1-3-21-16-11-15(17(16)8-4-5-9-17)19-13-7-6-12(18)10-14(13)20-2/h6-7,10,15-16,19H,3-5,8-9,11H2,1-2H3. The van der Waals surface area contributed by atoms with Crippen molar-refractivity contribution in [3.8, 4) is 5.75 Å². The number of methoxy groups -OCH3 is 1. The number of rotatable bonds is 5. The normalized spacial score (nSPS) is 26.6. The van der Waals surface area contributed by atoms with E-state index in [0.717, 1.165) is 18.7 Å². The summed E-state index contributed by atoms with van der Waals surface area (Å²) in [4.78, 5) is 0. The maximum absolute atomic E-state index is 13.3. The fourth-order valence-corrected chi connectivity index (χ4v) is 4.06. The van der Waals surface area contributed by atoms with Crippen LogP contribution in [0.2, 0.25) is 0 Å². The summed E-state index contributed by atoms with van der Waals surface area (Å²) in [6, 6.07) is 5.08. The van der Waals surface area contributed by atoms with Gasteiger partial charge >= 0.3 is 0 Å². The summed E-state index contributed by atoms with van der Waals surface area (Å²) < 4.78 is 24.5. The molecule has 4 heteroatoms. The highest BCUT2D eigenvalue weighted by atomic mass is 19.1. The maximum Gasteiger partial charge on any atom is 0.144 e. The van der Waals surface area contributed by atoms with Gasteiger partial charge in [-0.3, -0.25) is 0 Å².